The quantitative estimate of drug-likeness (QED) is 0.110. The Balaban J connectivity index is 1.57. The molecule has 0 spiro atoms. The Bertz CT molecular complexity index is 2020. The average Bonchev–Trinajstić information content (AvgIpc) is 3.36. The molecule has 1 unspecified atom stereocenters. The lowest BCUT2D eigenvalue weighted by molar-refractivity contribution is -0.844. The van der Waals surface area contributed by atoms with E-state index in [1.807, 2.05) is 33.9 Å². The molecule has 2 N–H and O–H groups in total. The number of halogens is 1. The Labute approximate surface area is 274 Å². The maximum atomic E-state index is 16.0. The van der Waals surface area contributed by atoms with Crippen LogP contribution in [0.2, 0.25) is 0 Å². The summed E-state index contributed by atoms with van der Waals surface area (Å²) >= 11 is 0. The van der Waals surface area contributed by atoms with E-state index in [4.69, 9.17) is 15.0 Å². The van der Waals surface area contributed by atoms with Gasteiger partial charge in [-0.3, -0.25) is 4.79 Å². The second-order valence-electron chi connectivity index (χ2n) is 11.9. The smallest absolute Gasteiger partial charge is 0.346 e. The van der Waals surface area contributed by atoms with Crippen LogP contribution in [0.5, 0.6) is 0 Å². The number of quaternary nitrogens is 1. The zero-order chi connectivity index (χ0) is 33.9. The minimum absolute atomic E-state index is 0.00984. The maximum Gasteiger partial charge on any atom is 0.346 e. The molecular weight excluding hydrogens is 617 g/mol. The molecule has 242 valence electrons. The van der Waals surface area contributed by atoms with Crippen molar-refractivity contribution >= 4 is 33.2 Å². The molecule has 1 aliphatic rings. The van der Waals surface area contributed by atoms with E-state index in [9.17, 15) is 18.0 Å². The first kappa shape index (κ1) is 33.6. The second kappa shape index (κ2) is 13.5. The van der Waals surface area contributed by atoms with E-state index in [0.717, 1.165) is 0 Å². The van der Waals surface area contributed by atoms with Crippen LogP contribution in [0.25, 0.3) is 16.8 Å². The van der Waals surface area contributed by atoms with Gasteiger partial charge in [-0.2, -0.15) is 4.59 Å². The summed E-state index contributed by atoms with van der Waals surface area (Å²) in [5.74, 6) is -1.68. The predicted molar refractivity (Wildman–Crippen MR) is 180 cm³/mol. The van der Waals surface area contributed by atoms with Crippen molar-refractivity contribution < 1.29 is 31.7 Å². The summed E-state index contributed by atoms with van der Waals surface area (Å²) < 4.78 is 46.3. The van der Waals surface area contributed by atoms with E-state index in [2.05, 4.69) is 0 Å². The van der Waals surface area contributed by atoms with Gasteiger partial charge in [0.15, 0.2) is 17.1 Å². The number of hydrogen-bond acceptors (Lipinski definition) is 6. The molecule has 4 aromatic rings. The van der Waals surface area contributed by atoms with Crippen LogP contribution in [0.4, 0.5) is 4.39 Å². The number of hydrogen-bond donors (Lipinski definition) is 1. The molecule has 0 saturated carbocycles. The Morgan fingerprint density at radius 1 is 0.915 bits per heavy atom. The van der Waals surface area contributed by atoms with Crippen LogP contribution in [0.3, 0.4) is 0 Å². The maximum absolute atomic E-state index is 16.0. The lowest BCUT2D eigenvalue weighted by Gasteiger charge is -2.26. The molecule has 0 aliphatic carbocycles. The van der Waals surface area contributed by atoms with Crippen molar-refractivity contribution in [3.8, 4) is 11.1 Å². The summed E-state index contributed by atoms with van der Waals surface area (Å²) in [6, 6.07) is 26.2. The van der Waals surface area contributed by atoms with Crippen LogP contribution >= 0.6 is 0 Å². The third-order valence-electron chi connectivity index (χ3n) is 8.10. The highest BCUT2D eigenvalue weighted by atomic mass is 32.2. The molecule has 0 aromatic heterocycles. The molecule has 4 aromatic carbocycles. The Kier molecular flexibility index (Phi) is 9.67. The molecule has 0 bridgehead atoms. The van der Waals surface area contributed by atoms with E-state index in [0.29, 0.717) is 46.6 Å². The molecule has 1 heterocycles. The fourth-order valence-corrected chi connectivity index (χ4v) is 6.72. The predicted octanol–water partition coefficient (Wildman–Crippen LogP) is 6.71. The highest BCUT2D eigenvalue weighted by Gasteiger charge is 2.45. The zero-order valence-corrected chi connectivity index (χ0v) is 27.6. The van der Waals surface area contributed by atoms with Crippen LogP contribution in [0.1, 0.15) is 54.2 Å². The summed E-state index contributed by atoms with van der Waals surface area (Å²) in [5, 5.41) is 10.4. The van der Waals surface area contributed by atoms with E-state index < -0.39 is 21.8 Å². The second-order valence-corrected chi connectivity index (χ2v) is 13.4. The van der Waals surface area contributed by atoms with Crippen molar-refractivity contribution in [2.75, 3.05) is 13.6 Å². The summed E-state index contributed by atoms with van der Waals surface area (Å²) in [4.78, 5) is 27.2. The molecule has 1 aliphatic heterocycles. The fraction of sp³-hybridized carbons (Fsp3) is 0.216. The van der Waals surface area contributed by atoms with E-state index in [1.54, 1.807) is 60.7 Å². The Morgan fingerprint density at radius 2 is 1.57 bits per heavy atom. The number of rotatable bonds is 11. The van der Waals surface area contributed by atoms with Gasteiger partial charge < -0.3 is 4.74 Å². The van der Waals surface area contributed by atoms with Crippen molar-refractivity contribution in [3.63, 3.8) is 0 Å². The van der Waals surface area contributed by atoms with Gasteiger partial charge in [0, 0.05) is 39.3 Å². The minimum Gasteiger partial charge on any atom is -0.457 e. The number of primary sulfonamides is 1. The van der Waals surface area contributed by atoms with Crippen LogP contribution in [0, 0.1) is 11.7 Å². The number of sulfonamides is 1. The van der Waals surface area contributed by atoms with E-state index in [-0.39, 0.29) is 44.5 Å². The molecular formula is C37H37FN3O5S+. The summed E-state index contributed by atoms with van der Waals surface area (Å²) in [5.41, 5.74) is 3.31. The third-order valence-corrected chi connectivity index (χ3v) is 9.07. The van der Waals surface area contributed by atoms with Gasteiger partial charge >= 0.3 is 5.97 Å². The van der Waals surface area contributed by atoms with Crippen molar-refractivity contribution in [3.05, 3.63) is 131 Å². The molecule has 47 heavy (non-hydrogen) atoms. The van der Waals surface area contributed by atoms with Crippen LogP contribution < -0.4 is 5.14 Å². The number of carbonyl (C=O) groups excluding carboxylic acids is 2. The highest BCUT2D eigenvalue weighted by molar-refractivity contribution is 7.89. The van der Waals surface area contributed by atoms with Crippen LogP contribution in [-0.4, -0.2) is 44.1 Å². The average molecular weight is 655 g/mol. The molecule has 5 rings (SSSR count). The molecule has 0 saturated heterocycles. The summed E-state index contributed by atoms with van der Waals surface area (Å²) in [6.45, 7) is 6.20. The van der Waals surface area contributed by atoms with Gasteiger partial charge in [0.05, 0.1) is 11.9 Å². The van der Waals surface area contributed by atoms with Gasteiger partial charge in [-0.25, -0.2) is 22.7 Å². The van der Waals surface area contributed by atoms with Gasteiger partial charge in [0.25, 0.3) is 0 Å². The largest absolute Gasteiger partial charge is 0.457 e. The van der Waals surface area contributed by atoms with Crippen molar-refractivity contribution in [1.29, 1.82) is 0 Å². The molecule has 1 atom stereocenters. The first-order chi connectivity index (χ1) is 22.4. The lowest BCUT2D eigenvalue weighted by atomic mass is 9.94. The zero-order valence-electron chi connectivity index (χ0n) is 26.7. The number of carbonyl (C=O) groups is 2. The Hall–Kier alpha value is -4.77. The molecule has 8 nitrogen and oxygen atoms in total. The number of nitrogens with zero attached hydrogens (tertiary/aromatic N) is 2. The van der Waals surface area contributed by atoms with Crippen molar-refractivity contribution in [2.24, 2.45) is 16.2 Å². The normalized spacial score (nSPS) is 16.4. The Morgan fingerprint density at radius 3 is 2.23 bits per heavy atom. The molecule has 0 amide bonds. The number of ketones is 1. The fourth-order valence-electron chi connectivity index (χ4n) is 5.97. The van der Waals surface area contributed by atoms with Gasteiger partial charge in [-0.1, -0.05) is 105 Å². The number of nitrogens with two attached hydrogens (primary N) is 1. The summed E-state index contributed by atoms with van der Waals surface area (Å²) in [6.07, 6.45) is 0.717. The third kappa shape index (κ3) is 6.85. The number of benzene rings is 4. The first-order valence-corrected chi connectivity index (χ1v) is 16.9. The number of esters is 1. The van der Waals surface area contributed by atoms with Crippen LogP contribution in [0.15, 0.2) is 113 Å². The van der Waals surface area contributed by atoms with Gasteiger partial charge in [-0.05, 0) is 24.6 Å². The lowest BCUT2D eigenvalue weighted by Crippen LogP contribution is -2.36. The standard InChI is InChI=1S/C37H37FN3O5S/c1-5-21-41(4)35(26-19-20-29(31(38)22-26)30-17-11-12-18-32(30)47(39,44)45)33(34(40-41)24(2)3)37(43)46-23-27-15-9-10-16-28(27)36(42)25-13-7-6-8-14-25/h6-20,22,24H,5,21,23H2,1-4H3,(H2,39,44,45)/q+1. The monoisotopic (exact) mass is 654 g/mol. The minimum atomic E-state index is -4.12. The molecule has 10 heteroatoms. The van der Waals surface area contributed by atoms with E-state index >= 15 is 4.39 Å². The SMILES string of the molecule is CCC[N+]1(C)N=C(C(C)C)C(C(=O)OCc2ccccc2C(=O)c2ccccc2)=C1c1ccc(-c2ccccc2S(N)(=O)=O)c(F)c1. The topological polar surface area (TPSA) is 116 Å². The highest BCUT2D eigenvalue weighted by Crippen LogP contribution is 2.40. The van der Waals surface area contributed by atoms with Gasteiger partial charge in [0.2, 0.25) is 10.0 Å². The summed E-state index contributed by atoms with van der Waals surface area (Å²) in [7, 11) is -2.26. The first-order valence-electron chi connectivity index (χ1n) is 15.3. The molecule has 0 radical (unpaired) electrons. The van der Waals surface area contributed by atoms with Gasteiger partial charge in [0.1, 0.15) is 24.7 Å². The number of ether oxygens (including phenoxy) is 1. The van der Waals surface area contributed by atoms with Crippen LogP contribution in [-0.2, 0) is 26.2 Å². The van der Waals surface area contributed by atoms with E-state index in [1.165, 1.54) is 30.3 Å². The molecule has 0 fully saturated rings. The van der Waals surface area contributed by atoms with Crippen molar-refractivity contribution in [2.45, 2.75) is 38.7 Å². The van der Waals surface area contributed by atoms with Crippen molar-refractivity contribution in [1.82, 2.24) is 0 Å². The van der Waals surface area contributed by atoms with Gasteiger partial charge in [-0.15, -0.1) is 0 Å².